The number of carbonyl (C=O) groups is 1. The van der Waals surface area contributed by atoms with Crippen molar-refractivity contribution < 1.29 is 19.0 Å². The molecule has 0 radical (unpaired) electrons. The molecule has 0 aliphatic carbocycles. The fourth-order valence-corrected chi connectivity index (χ4v) is 4.11. The van der Waals surface area contributed by atoms with Gasteiger partial charge in [0.25, 0.3) is 0 Å². The maximum Gasteiger partial charge on any atom is 0.343 e. The van der Waals surface area contributed by atoms with Gasteiger partial charge in [-0.25, -0.2) is 14.2 Å². The van der Waals surface area contributed by atoms with Crippen LogP contribution in [0.5, 0.6) is 0 Å². The highest BCUT2D eigenvalue weighted by molar-refractivity contribution is 6.34. The number of fused-ring (bicyclic) bond motifs is 1. The van der Waals surface area contributed by atoms with Crippen LogP contribution >= 0.6 is 11.6 Å². The Morgan fingerprint density at radius 1 is 1.39 bits per heavy atom. The number of halogens is 2. The molecule has 1 aromatic carbocycles. The van der Waals surface area contributed by atoms with E-state index in [1.807, 2.05) is 0 Å². The van der Waals surface area contributed by atoms with Crippen molar-refractivity contribution in [1.29, 1.82) is 0 Å². The number of benzene rings is 1. The van der Waals surface area contributed by atoms with Crippen molar-refractivity contribution in [3.8, 4) is 5.82 Å². The number of carbonyl (C=O) groups excluding carboxylic acids is 1. The highest BCUT2D eigenvalue weighted by Crippen LogP contribution is 2.36. The van der Waals surface area contributed by atoms with Crippen LogP contribution in [0.15, 0.2) is 41.7 Å². The topological polar surface area (TPSA) is 97.6 Å². The predicted octanol–water partition coefficient (Wildman–Crippen LogP) is 2.52. The molecule has 162 valence electrons. The SMILES string of the molecule is CCOC(=O)c1cn(-c2cnccn2)c2cc(N3C[C@@H](F)C[C@@H]3CO)c(Cl)cc2c1=O. The van der Waals surface area contributed by atoms with E-state index in [0.717, 1.165) is 0 Å². The Balaban J connectivity index is 1.99. The lowest BCUT2D eigenvalue weighted by atomic mass is 10.1. The molecule has 1 saturated heterocycles. The zero-order valence-electron chi connectivity index (χ0n) is 16.7. The Bertz CT molecular complexity index is 1190. The van der Waals surface area contributed by atoms with Crippen molar-refractivity contribution in [2.24, 2.45) is 0 Å². The Morgan fingerprint density at radius 3 is 2.87 bits per heavy atom. The highest BCUT2D eigenvalue weighted by atomic mass is 35.5. The molecule has 8 nitrogen and oxygen atoms in total. The highest BCUT2D eigenvalue weighted by Gasteiger charge is 2.33. The van der Waals surface area contributed by atoms with Crippen molar-refractivity contribution >= 4 is 34.2 Å². The second-order valence-electron chi connectivity index (χ2n) is 7.17. The Labute approximate surface area is 181 Å². The number of hydrogen-bond donors (Lipinski definition) is 1. The minimum absolute atomic E-state index is 0.0761. The van der Waals surface area contributed by atoms with Gasteiger partial charge in [-0.1, -0.05) is 11.6 Å². The number of hydrogen-bond acceptors (Lipinski definition) is 7. The van der Waals surface area contributed by atoms with Gasteiger partial charge in [0.2, 0.25) is 5.43 Å². The number of ether oxygens (including phenoxy) is 1. The van der Waals surface area contributed by atoms with Crippen molar-refractivity contribution in [2.45, 2.75) is 25.6 Å². The number of aliphatic hydroxyl groups is 1. The van der Waals surface area contributed by atoms with Gasteiger partial charge in [0.15, 0.2) is 5.82 Å². The van der Waals surface area contributed by atoms with E-state index in [1.165, 1.54) is 30.9 Å². The summed E-state index contributed by atoms with van der Waals surface area (Å²) in [6.45, 7) is 1.61. The summed E-state index contributed by atoms with van der Waals surface area (Å²) >= 11 is 6.48. The van der Waals surface area contributed by atoms with Crippen molar-refractivity contribution in [3.63, 3.8) is 0 Å². The van der Waals surface area contributed by atoms with Crippen molar-refractivity contribution in [2.75, 3.05) is 24.7 Å². The number of aliphatic hydroxyl groups excluding tert-OH is 1. The summed E-state index contributed by atoms with van der Waals surface area (Å²) in [5, 5.41) is 10.1. The maximum absolute atomic E-state index is 14.0. The van der Waals surface area contributed by atoms with Gasteiger partial charge in [0.1, 0.15) is 11.7 Å². The van der Waals surface area contributed by atoms with Gasteiger partial charge in [-0.05, 0) is 19.1 Å². The molecule has 0 saturated carbocycles. The van der Waals surface area contributed by atoms with Gasteiger partial charge >= 0.3 is 5.97 Å². The van der Waals surface area contributed by atoms with Gasteiger partial charge in [0.05, 0.1) is 41.7 Å². The average Bonchev–Trinajstić information content (AvgIpc) is 3.15. The van der Waals surface area contributed by atoms with Crippen LogP contribution in [0.4, 0.5) is 10.1 Å². The van der Waals surface area contributed by atoms with Crippen molar-refractivity contribution in [1.82, 2.24) is 14.5 Å². The third kappa shape index (κ3) is 3.86. The van der Waals surface area contributed by atoms with E-state index >= 15 is 0 Å². The summed E-state index contributed by atoms with van der Waals surface area (Å²) in [6.07, 6.45) is 4.91. The molecule has 1 aliphatic heterocycles. The van der Waals surface area contributed by atoms with Crippen molar-refractivity contribution in [3.05, 3.63) is 57.7 Å². The third-order valence-electron chi connectivity index (χ3n) is 5.25. The molecular formula is C21H20ClFN4O4. The molecule has 2 aromatic heterocycles. The molecule has 3 aromatic rings. The first kappa shape index (κ1) is 21.2. The zero-order valence-corrected chi connectivity index (χ0v) is 17.4. The minimum atomic E-state index is -1.10. The molecule has 1 aliphatic rings. The van der Waals surface area contributed by atoms with Crippen LogP contribution in [0.25, 0.3) is 16.7 Å². The zero-order chi connectivity index (χ0) is 22.1. The van der Waals surface area contributed by atoms with Gasteiger partial charge in [-0.3, -0.25) is 14.3 Å². The van der Waals surface area contributed by atoms with Crippen LogP contribution in [0.1, 0.15) is 23.7 Å². The van der Waals surface area contributed by atoms with E-state index < -0.39 is 23.6 Å². The van der Waals surface area contributed by atoms with Crippen LogP contribution in [0, 0.1) is 0 Å². The summed E-state index contributed by atoms with van der Waals surface area (Å²) in [5.74, 6) is -0.387. The monoisotopic (exact) mass is 446 g/mol. The summed E-state index contributed by atoms with van der Waals surface area (Å²) in [6, 6.07) is 2.66. The number of nitrogens with zero attached hydrogens (tertiary/aromatic N) is 4. The fraction of sp³-hybridized carbons (Fsp3) is 0.333. The number of aromatic nitrogens is 3. The van der Waals surface area contributed by atoms with Gasteiger partial charge in [0, 0.05) is 36.9 Å². The molecule has 1 N–H and O–H groups in total. The van der Waals surface area contributed by atoms with Crippen LogP contribution in [0.3, 0.4) is 0 Å². The molecule has 3 heterocycles. The first-order chi connectivity index (χ1) is 14.9. The third-order valence-corrected chi connectivity index (χ3v) is 5.55. The minimum Gasteiger partial charge on any atom is -0.462 e. The first-order valence-electron chi connectivity index (χ1n) is 9.78. The lowest BCUT2D eigenvalue weighted by molar-refractivity contribution is 0.0524. The Kier molecular flexibility index (Phi) is 5.88. The second-order valence-corrected chi connectivity index (χ2v) is 7.58. The van der Waals surface area contributed by atoms with Crippen LogP contribution in [0.2, 0.25) is 5.02 Å². The van der Waals surface area contributed by atoms with E-state index in [-0.39, 0.29) is 42.2 Å². The standard InChI is InChI=1S/C21H20ClFN4O4/c1-2-31-21(30)15-10-27(19-8-24-3-4-25-19)17-7-18(16(22)6-14(17)20(15)29)26-9-12(23)5-13(26)11-28/h3-4,6-8,10,12-13,28H,2,5,9,11H2,1H3/t12-,13+/m0/s1. The molecule has 2 atom stereocenters. The van der Waals surface area contributed by atoms with E-state index in [9.17, 15) is 19.1 Å². The molecule has 0 spiro atoms. The lowest BCUT2D eigenvalue weighted by Gasteiger charge is -2.26. The molecule has 31 heavy (non-hydrogen) atoms. The van der Waals surface area contributed by atoms with Crippen LogP contribution < -0.4 is 10.3 Å². The van der Waals surface area contributed by atoms with Gasteiger partial charge < -0.3 is 14.7 Å². The molecule has 0 amide bonds. The fourth-order valence-electron chi connectivity index (χ4n) is 3.84. The van der Waals surface area contributed by atoms with Crippen LogP contribution in [-0.2, 0) is 4.74 Å². The summed E-state index contributed by atoms with van der Waals surface area (Å²) in [4.78, 5) is 35.5. The number of pyridine rings is 1. The first-order valence-corrected chi connectivity index (χ1v) is 10.2. The Morgan fingerprint density at radius 2 is 2.19 bits per heavy atom. The molecule has 0 unspecified atom stereocenters. The van der Waals surface area contributed by atoms with E-state index in [0.29, 0.717) is 17.0 Å². The number of alkyl halides is 1. The second kappa shape index (κ2) is 8.60. The quantitative estimate of drug-likeness (QED) is 0.601. The summed E-state index contributed by atoms with van der Waals surface area (Å²) in [5.41, 5.74) is 0.193. The molecule has 4 rings (SSSR count). The largest absolute Gasteiger partial charge is 0.462 e. The van der Waals surface area contributed by atoms with Gasteiger partial charge in [-0.2, -0.15) is 0 Å². The summed E-state index contributed by atoms with van der Waals surface area (Å²) in [7, 11) is 0. The Hall–Kier alpha value is -3.04. The predicted molar refractivity (Wildman–Crippen MR) is 114 cm³/mol. The van der Waals surface area contributed by atoms with Gasteiger partial charge in [-0.15, -0.1) is 0 Å². The smallest absolute Gasteiger partial charge is 0.343 e. The number of rotatable bonds is 5. The normalized spacial score (nSPS) is 18.5. The molecule has 1 fully saturated rings. The van der Waals surface area contributed by atoms with E-state index in [1.54, 1.807) is 22.5 Å². The maximum atomic E-state index is 14.0. The molecular weight excluding hydrogens is 427 g/mol. The number of anilines is 1. The van der Waals surface area contributed by atoms with Crippen LogP contribution in [-0.4, -0.2) is 57.6 Å². The molecule has 0 bridgehead atoms. The van der Waals surface area contributed by atoms with E-state index in [2.05, 4.69) is 9.97 Å². The number of esters is 1. The average molecular weight is 447 g/mol. The molecule has 10 heteroatoms. The van der Waals surface area contributed by atoms with E-state index in [4.69, 9.17) is 16.3 Å². The summed E-state index contributed by atoms with van der Waals surface area (Å²) < 4.78 is 20.6. The lowest BCUT2D eigenvalue weighted by Crippen LogP contribution is -2.32.